The Kier molecular flexibility index (Phi) is 4.84. The van der Waals surface area contributed by atoms with Gasteiger partial charge in [-0.1, -0.05) is 0 Å². The van der Waals surface area contributed by atoms with E-state index in [2.05, 4.69) is 25.5 Å². The van der Waals surface area contributed by atoms with Gasteiger partial charge in [0, 0.05) is 53.2 Å². The fourth-order valence-corrected chi connectivity index (χ4v) is 3.59. The number of nitrogens with zero attached hydrogens (tertiary/aromatic N) is 8. The van der Waals surface area contributed by atoms with Crippen molar-refractivity contribution in [1.82, 2.24) is 39.3 Å². The van der Waals surface area contributed by atoms with Crippen molar-refractivity contribution in [3.05, 3.63) is 24.8 Å². The highest BCUT2D eigenvalue weighted by Crippen LogP contribution is 2.22. The van der Waals surface area contributed by atoms with Gasteiger partial charge >= 0.3 is 6.03 Å². The number of likely N-dealkylation sites (tertiary alicyclic amines) is 1. The Morgan fingerprint density at radius 3 is 2.89 bits per heavy atom. The average molecular weight is 383 g/mol. The third-order valence-corrected chi connectivity index (χ3v) is 4.94. The van der Waals surface area contributed by atoms with E-state index < -0.39 is 0 Å². The van der Waals surface area contributed by atoms with Gasteiger partial charge in [0.25, 0.3) is 0 Å². The van der Waals surface area contributed by atoms with E-state index in [4.69, 9.17) is 0 Å². The maximum absolute atomic E-state index is 12.3. The third kappa shape index (κ3) is 3.75. The topological polar surface area (TPSA) is 97.0 Å². The monoisotopic (exact) mass is 383 g/mol. The zero-order valence-electron chi connectivity index (χ0n) is 16.4. The molecule has 2 amide bonds. The summed E-state index contributed by atoms with van der Waals surface area (Å²) in [7, 11) is 5.44. The number of fused-ring (bicyclic) bond motifs is 1. The van der Waals surface area contributed by atoms with Crippen LogP contribution in [0.2, 0.25) is 0 Å². The summed E-state index contributed by atoms with van der Waals surface area (Å²) in [6.45, 7) is 2.28. The van der Waals surface area contributed by atoms with Gasteiger partial charge in [0.05, 0.1) is 23.5 Å². The van der Waals surface area contributed by atoms with Gasteiger partial charge in [0.2, 0.25) is 5.95 Å². The van der Waals surface area contributed by atoms with Crippen LogP contribution in [0.1, 0.15) is 12.8 Å². The number of aryl methyl sites for hydroxylation is 1. The third-order valence-electron chi connectivity index (χ3n) is 4.94. The van der Waals surface area contributed by atoms with Crippen LogP contribution < -0.4 is 5.32 Å². The molecule has 1 fully saturated rings. The molecule has 1 aliphatic heterocycles. The van der Waals surface area contributed by atoms with E-state index in [1.165, 1.54) is 0 Å². The SMILES string of the molecule is CN(C)C(=O)N1CCCC(Cn2ncc3cnc(Nc4cnn(C)c4)nc32)C1. The van der Waals surface area contributed by atoms with Gasteiger partial charge in [-0.15, -0.1) is 0 Å². The first kappa shape index (κ1) is 18.2. The van der Waals surface area contributed by atoms with Gasteiger partial charge in [-0.05, 0) is 18.8 Å². The van der Waals surface area contributed by atoms with Crippen LogP contribution in [0.15, 0.2) is 24.8 Å². The average Bonchev–Trinajstić information content (AvgIpc) is 3.27. The fourth-order valence-electron chi connectivity index (χ4n) is 3.59. The Morgan fingerprint density at radius 1 is 1.29 bits per heavy atom. The van der Waals surface area contributed by atoms with Crippen molar-refractivity contribution in [2.45, 2.75) is 19.4 Å². The Balaban J connectivity index is 1.50. The normalized spacial score (nSPS) is 17.1. The highest BCUT2D eigenvalue weighted by Gasteiger charge is 2.25. The largest absolute Gasteiger partial charge is 0.331 e. The molecule has 1 aliphatic rings. The maximum atomic E-state index is 12.3. The number of carbonyl (C=O) groups excluding carboxylic acids is 1. The lowest BCUT2D eigenvalue weighted by Gasteiger charge is -2.34. The summed E-state index contributed by atoms with van der Waals surface area (Å²) < 4.78 is 3.63. The molecule has 3 aromatic heterocycles. The van der Waals surface area contributed by atoms with Crippen LogP contribution in [0.4, 0.5) is 16.4 Å². The minimum absolute atomic E-state index is 0.0697. The zero-order valence-corrected chi connectivity index (χ0v) is 16.4. The van der Waals surface area contributed by atoms with E-state index in [9.17, 15) is 4.79 Å². The molecule has 0 saturated carbocycles. The lowest BCUT2D eigenvalue weighted by molar-refractivity contribution is 0.137. The van der Waals surface area contributed by atoms with Gasteiger partial charge in [-0.25, -0.2) is 14.5 Å². The lowest BCUT2D eigenvalue weighted by Crippen LogP contribution is -2.45. The molecule has 1 saturated heterocycles. The van der Waals surface area contributed by atoms with Gasteiger partial charge in [0.1, 0.15) is 0 Å². The Morgan fingerprint density at radius 2 is 2.14 bits per heavy atom. The summed E-state index contributed by atoms with van der Waals surface area (Å²) in [5.41, 5.74) is 1.62. The van der Waals surface area contributed by atoms with Crippen molar-refractivity contribution < 1.29 is 4.79 Å². The molecule has 0 spiro atoms. The van der Waals surface area contributed by atoms with Crippen LogP contribution >= 0.6 is 0 Å². The van der Waals surface area contributed by atoms with Gasteiger partial charge in [0.15, 0.2) is 5.65 Å². The van der Waals surface area contributed by atoms with Crippen LogP contribution in [-0.4, -0.2) is 72.5 Å². The van der Waals surface area contributed by atoms with Gasteiger partial charge < -0.3 is 15.1 Å². The molecule has 0 aliphatic carbocycles. The minimum atomic E-state index is 0.0697. The number of anilines is 2. The number of carbonyl (C=O) groups is 1. The van der Waals surface area contributed by atoms with E-state index in [0.29, 0.717) is 11.9 Å². The van der Waals surface area contributed by atoms with Crippen LogP contribution in [0.3, 0.4) is 0 Å². The summed E-state index contributed by atoms with van der Waals surface area (Å²) >= 11 is 0. The molecule has 1 unspecified atom stereocenters. The predicted molar refractivity (Wildman–Crippen MR) is 105 cm³/mol. The van der Waals surface area contributed by atoms with Crippen LogP contribution in [-0.2, 0) is 13.6 Å². The summed E-state index contributed by atoms with van der Waals surface area (Å²) in [5, 5.41) is 12.7. The van der Waals surface area contributed by atoms with Crippen molar-refractivity contribution in [2.75, 3.05) is 32.5 Å². The highest BCUT2D eigenvalue weighted by atomic mass is 16.2. The molecule has 0 aromatic carbocycles. The van der Waals surface area contributed by atoms with Gasteiger partial charge in [-0.2, -0.15) is 15.2 Å². The Bertz CT molecular complexity index is 977. The number of aromatic nitrogens is 6. The molecular weight excluding hydrogens is 358 g/mol. The maximum Gasteiger partial charge on any atom is 0.319 e. The molecule has 4 heterocycles. The second-order valence-corrected chi connectivity index (χ2v) is 7.46. The number of urea groups is 1. The molecule has 28 heavy (non-hydrogen) atoms. The number of piperidine rings is 1. The fraction of sp³-hybridized carbons (Fsp3) is 0.500. The van der Waals surface area contributed by atoms with E-state index >= 15 is 0 Å². The number of hydrogen-bond donors (Lipinski definition) is 1. The van der Waals surface area contributed by atoms with Crippen LogP contribution in [0.5, 0.6) is 0 Å². The first-order valence-electron chi connectivity index (χ1n) is 9.40. The molecule has 0 bridgehead atoms. The van der Waals surface area contributed by atoms with Crippen molar-refractivity contribution in [2.24, 2.45) is 13.0 Å². The molecule has 1 N–H and O–H groups in total. The molecule has 148 valence electrons. The second kappa shape index (κ2) is 7.45. The molecular formula is C18H25N9O. The molecule has 10 nitrogen and oxygen atoms in total. The predicted octanol–water partition coefficient (Wildman–Crippen LogP) is 1.70. The quantitative estimate of drug-likeness (QED) is 0.736. The van der Waals surface area contributed by atoms with Crippen LogP contribution in [0.25, 0.3) is 11.0 Å². The second-order valence-electron chi connectivity index (χ2n) is 7.46. The van der Waals surface area contributed by atoms with Crippen molar-refractivity contribution in [3.8, 4) is 0 Å². The Labute approximate surface area is 163 Å². The van der Waals surface area contributed by atoms with E-state index in [-0.39, 0.29) is 6.03 Å². The van der Waals surface area contributed by atoms with E-state index in [1.54, 1.807) is 42.3 Å². The minimum Gasteiger partial charge on any atom is -0.331 e. The van der Waals surface area contributed by atoms with Crippen molar-refractivity contribution in [3.63, 3.8) is 0 Å². The van der Waals surface area contributed by atoms with E-state index in [0.717, 1.165) is 49.2 Å². The number of rotatable bonds is 4. The number of amides is 2. The summed E-state index contributed by atoms with van der Waals surface area (Å²) in [6, 6.07) is 0.0697. The first-order chi connectivity index (χ1) is 13.5. The zero-order chi connectivity index (χ0) is 19.7. The van der Waals surface area contributed by atoms with Gasteiger partial charge in [-0.3, -0.25) is 4.68 Å². The molecule has 10 heteroatoms. The summed E-state index contributed by atoms with van der Waals surface area (Å²) in [5.74, 6) is 0.862. The summed E-state index contributed by atoms with van der Waals surface area (Å²) in [4.78, 5) is 24.8. The molecule has 3 aromatic rings. The first-order valence-corrected chi connectivity index (χ1v) is 9.40. The number of nitrogens with one attached hydrogen (secondary N) is 1. The smallest absolute Gasteiger partial charge is 0.319 e. The highest BCUT2D eigenvalue weighted by molar-refractivity contribution is 5.75. The molecule has 4 rings (SSSR count). The van der Waals surface area contributed by atoms with Crippen molar-refractivity contribution >= 4 is 28.7 Å². The lowest BCUT2D eigenvalue weighted by atomic mass is 9.98. The number of hydrogen-bond acceptors (Lipinski definition) is 6. The molecule has 1 atom stereocenters. The standard InChI is InChI=1S/C18H25N9O/c1-24(2)18(28)26-6-4-5-13(10-26)11-27-16-14(8-21-27)7-19-17(23-16)22-15-9-20-25(3)12-15/h7-9,12-13H,4-6,10-11H2,1-3H3,(H,19,22,23). The van der Waals surface area contributed by atoms with Crippen LogP contribution in [0, 0.1) is 5.92 Å². The van der Waals surface area contributed by atoms with Crippen molar-refractivity contribution in [1.29, 1.82) is 0 Å². The Hall–Kier alpha value is -3.17. The van der Waals surface area contributed by atoms with E-state index in [1.807, 2.05) is 22.8 Å². The molecule has 0 radical (unpaired) electrons. The summed E-state index contributed by atoms with van der Waals surface area (Å²) in [6.07, 6.45) is 9.23.